The van der Waals surface area contributed by atoms with Crippen molar-refractivity contribution in [3.63, 3.8) is 0 Å². The number of carbonyl (C=O) groups is 2. The van der Waals surface area contributed by atoms with E-state index >= 15 is 0 Å². The number of aryl methyl sites for hydroxylation is 1. The van der Waals surface area contributed by atoms with Crippen LogP contribution >= 0.6 is 0 Å². The lowest BCUT2D eigenvalue weighted by atomic mass is 9.86. The van der Waals surface area contributed by atoms with Gasteiger partial charge in [-0.15, -0.1) is 0 Å². The van der Waals surface area contributed by atoms with Crippen LogP contribution in [0.4, 0.5) is 10.3 Å². The Hall–Kier alpha value is -4.33. The number of carbonyl (C=O) groups excluding carboxylic acids is 2. The van der Waals surface area contributed by atoms with Crippen LogP contribution in [0.1, 0.15) is 45.7 Å². The van der Waals surface area contributed by atoms with Gasteiger partial charge in [0.25, 0.3) is 5.91 Å². The molecule has 0 unspecified atom stereocenters. The van der Waals surface area contributed by atoms with Crippen LogP contribution in [0.3, 0.4) is 0 Å². The molecule has 0 radical (unpaired) electrons. The summed E-state index contributed by atoms with van der Waals surface area (Å²) in [6.45, 7) is 1.26. The highest BCUT2D eigenvalue weighted by Gasteiger charge is 2.26. The summed E-state index contributed by atoms with van der Waals surface area (Å²) in [6, 6.07) is 15.2. The minimum Gasteiger partial charge on any atom is -0.452 e. The minimum absolute atomic E-state index is 0.186. The van der Waals surface area contributed by atoms with Crippen molar-refractivity contribution in [1.29, 1.82) is 0 Å². The quantitative estimate of drug-likeness (QED) is 0.395. The Morgan fingerprint density at radius 3 is 2.71 bits per heavy atom. The molecule has 0 saturated heterocycles. The van der Waals surface area contributed by atoms with Gasteiger partial charge in [-0.2, -0.15) is 0 Å². The Morgan fingerprint density at radius 1 is 1.14 bits per heavy atom. The van der Waals surface area contributed by atoms with Gasteiger partial charge in [0.1, 0.15) is 5.82 Å². The lowest BCUT2D eigenvalue weighted by molar-refractivity contribution is -0.119. The predicted molar refractivity (Wildman–Crippen MR) is 129 cm³/mol. The van der Waals surface area contributed by atoms with Crippen LogP contribution in [0, 0.1) is 12.7 Å². The van der Waals surface area contributed by atoms with E-state index in [1.807, 2.05) is 30.3 Å². The van der Waals surface area contributed by atoms with Gasteiger partial charge in [-0.3, -0.25) is 10.1 Å². The van der Waals surface area contributed by atoms with Gasteiger partial charge in [0.05, 0.1) is 22.5 Å². The zero-order chi connectivity index (χ0) is 24.4. The molecule has 1 amide bonds. The Balaban J connectivity index is 1.47. The standard InChI is InChI=1S/C27H22FN3O4/c1-16-13-24(35-31-16)30-23(32)15-34-27(33)25-20-6-2-3-8-22(20)29-26-18(5-4-7-21(25)26)14-17-9-11-19(28)12-10-17/h2-3,6,8-14H,4-5,7,15H2,1H3,(H,30,32)/b18-14+. The van der Waals surface area contributed by atoms with Crippen LogP contribution in [0.15, 0.2) is 59.1 Å². The number of aromatic nitrogens is 2. The number of nitrogens with one attached hydrogen (secondary N) is 1. The molecule has 0 saturated carbocycles. The number of rotatable bonds is 5. The van der Waals surface area contributed by atoms with Gasteiger partial charge < -0.3 is 9.26 Å². The number of allylic oxidation sites excluding steroid dienone is 1. The number of anilines is 1. The van der Waals surface area contributed by atoms with Crippen LogP contribution in [0.25, 0.3) is 22.6 Å². The summed E-state index contributed by atoms with van der Waals surface area (Å²) in [5.41, 5.74) is 5.04. The van der Waals surface area contributed by atoms with Gasteiger partial charge in [0.15, 0.2) is 6.61 Å². The average Bonchev–Trinajstić information content (AvgIpc) is 3.27. The molecule has 4 aromatic rings. The SMILES string of the molecule is Cc1cc(NC(=O)COC(=O)c2c3c(nc4ccccc24)/C(=C/c2ccc(F)cc2)CCC3)on1. The number of benzene rings is 2. The number of esters is 1. The van der Waals surface area contributed by atoms with E-state index in [-0.39, 0.29) is 11.7 Å². The highest BCUT2D eigenvalue weighted by Crippen LogP contribution is 2.36. The first-order valence-corrected chi connectivity index (χ1v) is 11.3. The molecule has 0 bridgehead atoms. The van der Waals surface area contributed by atoms with E-state index in [0.29, 0.717) is 28.6 Å². The van der Waals surface area contributed by atoms with E-state index in [9.17, 15) is 14.0 Å². The molecule has 5 rings (SSSR count). The summed E-state index contributed by atoms with van der Waals surface area (Å²) in [7, 11) is 0. The first kappa shape index (κ1) is 22.5. The normalized spacial score (nSPS) is 14.1. The van der Waals surface area contributed by atoms with Crippen molar-refractivity contribution in [3.8, 4) is 0 Å². The summed E-state index contributed by atoms with van der Waals surface area (Å²) >= 11 is 0. The second kappa shape index (κ2) is 9.50. The maximum Gasteiger partial charge on any atom is 0.339 e. The Labute approximate surface area is 200 Å². The topological polar surface area (TPSA) is 94.3 Å². The third kappa shape index (κ3) is 4.82. The number of hydrogen-bond acceptors (Lipinski definition) is 6. The summed E-state index contributed by atoms with van der Waals surface area (Å²) in [4.78, 5) is 30.4. The Bertz CT molecular complexity index is 1460. The molecule has 7 nitrogen and oxygen atoms in total. The van der Waals surface area contributed by atoms with Gasteiger partial charge in [0.2, 0.25) is 5.88 Å². The molecular formula is C27H22FN3O4. The molecule has 2 heterocycles. The van der Waals surface area contributed by atoms with Crippen molar-refractivity contribution in [2.45, 2.75) is 26.2 Å². The molecule has 176 valence electrons. The van der Waals surface area contributed by atoms with E-state index in [1.54, 1.807) is 25.1 Å². The summed E-state index contributed by atoms with van der Waals surface area (Å²) in [6.07, 6.45) is 4.23. The number of pyridine rings is 1. The molecule has 8 heteroatoms. The maximum absolute atomic E-state index is 13.4. The molecule has 1 N–H and O–H groups in total. The van der Waals surface area contributed by atoms with Crippen LogP contribution in [0.2, 0.25) is 0 Å². The molecule has 0 spiro atoms. The predicted octanol–water partition coefficient (Wildman–Crippen LogP) is 5.34. The maximum atomic E-state index is 13.4. The van der Waals surface area contributed by atoms with Gasteiger partial charge >= 0.3 is 5.97 Å². The van der Waals surface area contributed by atoms with Crippen molar-refractivity contribution >= 4 is 40.3 Å². The number of fused-ring (bicyclic) bond motifs is 2. The molecule has 0 atom stereocenters. The lowest BCUT2D eigenvalue weighted by Crippen LogP contribution is -2.22. The molecular weight excluding hydrogens is 449 g/mol. The molecule has 35 heavy (non-hydrogen) atoms. The summed E-state index contributed by atoms with van der Waals surface area (Å²) in [5.74, 6) is -1.23. The van der Waals surface area contributed by atoms with Gasteiger partial charge in [-0.05, 0) is 67.2 Å². The Morgan fingerprint density at radius 2 is 1.94 bits per heavy atom. The Kier molecular flexibility index (Phi) is 6.10. The fourth-order valence-electron chi connectivity index (χ4n) is 4.27. The molecule has 0 fully saturated rings. The fraction of sp³-hybridized carbons (Fsp3) is 0.185. The van der Waals surface area contributed by atoms with Crippen molar-refractivity contribution in [2.75, 3.05) is 11.9 Å². The van der Waals surface area contributed by atoms with Gasteiger partial charge in [-0.1, -0.05) is 35.5 Å². The highest BCUT2D eigenvalue weighted by molar-refractivity contribution is 6.07. The van der Waals surface area contributed by atoms with Crippen molar-refractivity contribution in [1.82, 2.24) is 10.1 Å². The first-order valence-electron chi connectivity index (χ1n) is 11.3. The second-order valence-corrected chi connectivity index (χ2v) is 8.36. The number of halogens is 1. The van der Waals surface area contributed by atoms with E-state index in [2.05, 4.69) is 10.5 Å². The lowest BCUT2D eigenvalue weighted by Gasteiger charge is -2.22. The molecule has 1 aliphatic rings. The average molecular weight is 471 g/mol. The van der Waals surface area contributed by atoms with Gasteiger partial charge in [0, 0.05) is 11.5 Å². The van der Waals surface area contributed by atoms with E-state index < -0.39 is 18.5 Å². The van der Waals surface area contributed by atoms with Crippen LogP contribution < -0.4 is 5.32 Å². The molecule has 2 aromatic carbocycles. The van der Waals surface area contributed by atoms with E-state index in [1.165, 1.54) is 12.1 Å². The second-order valence-electron chi connectivity index (χ2n) is 8.36. The van der Waals surface area contributed by atoms with Crippen molar-refractivity contribution in [2.24, 2.45) is 0 Å². The monoisotopic (exact) mass is 471 g/mol. The highest BCUT2D eigenvalue weighted by atomic mass is 19.1. The van der Waals surface area contributed by atoms with Crippen LogP contribution in [0.5, 0.6) is 0 Å². The van der Waals surface area contributed by atoms with Crippen molar-refractivity contribution < 1.29 is 23.2 Å². The third-order valence-electron chi connectivity index (χ3n) is 5.81. The fourth-order valence-corrected chi connectivity index (χ4v) is 4.27. The number of ether oxygens (including phenoxy) is 1. The number of nitrogens with zero attached hydrogens (tertiary/aromatic N) is 2. The summed E-state index contributed by atoms with van der Waals surface area (Å²) in [5, 5.41) is 6.89. The molecule has 1 aliphatic carbocycles. The molecule has 0 aliphatic heterocycles. The first-order chi connectivity index (χ1) is 17.0. The van der Waals surface area contributed by atoms with Crippen molar-refractivity contribution in [3.05, 3.63) is 88.5 Å². The van der Waals surface area contributed by atoms with E-state index in [4.69, 9.17) is 14.2 Å². The van der Waals surface area contributed by atoms with Crippen LogP contribution in [-0.2, 0) is 16.0 Å². The smallest absolute Gasteiger partial charge is 0.339 e. The number of hydrogen-bond donors (Lipinski definition) is 1. The molecule has 2 aromatic heterocycles. The third-order valence-corrected chi connectivity index (χ3v) is 5.81. The summed E-state index contributed by atoms with van der Waals surface area (Å²) < 4.78 is 23.7. The van der Waals surface area contributed by atoms with E-state index in [0.717, 1.165) is 35.2 Å². The largest absolute Gasteiger partial charge is 0.452 e. The zero-order valence-corrected chi connectivity index (χ0v) is 19.0. The van der Waals surface area contributed by atoms with Gasteiger partial charge in [-0.25, -0.2) is 14.2 Å². The zero-order valence-electron chi connectivity index (χ0n) is 19.0. The minimum atomic E-state index is -0.591. The van der Waals surface area contributed by atoms with Crippen LogP contribution in [-0.4, -0.2) is 28.6 Å². The number of amides is 1. The number of para-hydroxylation sites is 1.